The van der Waals surface area contributed by atoms with Crippen molar-refractivity contribution in [2.45, 2.75) is 35.0 Å². The number of morpholine rings is 1. The van der Waals surface area contributed by atoms with Crippen LogP contribution in [0.4, 0.5) is 20.6 Å². The minimum atomic E-state index is -2.17. The van der Waals surface area contributed by atoms with Crippen molar-refractivity contribution in [2.75, 3.05) is 56.2 Å². The first kappa shape index (κ1) is 35.0. The SMILES string of the molecule is O=C(Nc1ccccc1)N(CC1=CC(Cc2ccc(F)cc2)(NC(=O)C(Cl)(Cl)Cl)CC1)c1cccc(OCCCN2CCOCC2)c1. The minimum absolute atomic E-state index is 0.230. The van der Waals surface area contributed by atoms with Crippen LogP contribution in [-0.4, -0.2) is 72.2 Å². The molecule has 3 amide bonds. The average Bonchev–Trinajstić information content (AvgIpc) is 3.45. The maximum atomic E-state index is 13.8. The van der Waals surface area contributed by atoms with E-state index in [0.717, 1.165) is 50.4 Å². The van der Waals surface area contributed by atoms with Gasteiger partial charge in [-0.3, -0.25) is 14.6 Å². The van der Waals surface area contributed by atoms with Crippen LogP contribution in [0.15, 0.2) is 90.5 Å². The van der Waals surface area contributed by atoms with Gasteiger partial charge in [-0.15, -0.1) is 0 Å². The van der Waals surface area contributed by atoms with Crippen LogP contribution < -0.4 is 20.3 Å². The zero-order valence-corrected chi connectivity index (χ0v) is 28.2. The molecule has 1 heterocycles. The lowest BCUT2D eigenvalue weighted by molar-refractivity contribution is -0.121. The molecule has 0 aromatic heterocycles. The molecule has 3 aromatic rings. The van der Waals surface area contributed by atoms with Crippen LogP contribution in [0.2, 0.25) is 0 Å². The molecular formula is C35H38Cl3FN4O4. The number of urea groups is 1. The number of carbonyl (C=O) groups excluding carboxylic acids is 2. The standard InChI is InChI=1S/C35H38Cl3FN4O4/c36-35(37,38)32(44)41-34(23-26-10-12-28(39)13-11-26)15-14-27(24-34)25-43(33(45)40-29-6-2-1-3-7-29)30-8-4-9-31(22-30)47-19-5-16-42-17-20-46-21-18-42/h1-4,6-13,22,24H,5,14-21,23,25H2,(H,40,45)(H,41,44). The van der Waals surface area contributed by atoms with Gasteiger partial charge >= 0.3 is 6.03 Å². The number of rotatable bonds is 12. The molecule has 0 bridgehead atoms. The second-order valence-electron chi connectivity index (χ2n) is 11.7. The average molecular weight is 704 g/mol. The molecule has 3 aromatic carbocycles. The summed E-state index contributed by atoms with van der Waals surface area (Å²) in [5, 5.41) is 5.90. The third-order valence-electron chi connectivity index (χ3n) is 8.18. The van der Waals surface area contributed by atoms with E-state index in [1.807, 2.05) is 60.7 Å². The Hall–Kier alpha value is -3.34. The monoisotopic (exact) mass is 702 g/mol. The van der Waals surface area contributed by atoms with Gasteiger partial charge in [-0.05, 0) is 67.6 Å². The Bertz CT molecular complexity index is 1530. The third-order valence-corrected chi connectivity index (χ3v) is 8.69. The molecule has 1 atom stereocenters. The van der Waals surface area contributed by atoms with Gasteiger partial charge in [-0.25, -0.2) is 9.18 Å². The predicted molar refractivity (Wildman–Crippen MR) is 185 cm³/mol. The van der Waals surface area contributed by atoms with E-state index in [-0.39, 0.29) is 18.4 Å². The molecule has 0 spiro atoms. The van der Waals surface area contributed by atoms with Crippen molar-refractivity contribution >= 4 is 58.1 Å². The van der Waals surface area contributed by atoms with Gasteiger partial charge < -0.3 is 20.1 Å². The van der Waals surface area contributed by atoms with Gasteiger partial charge in [0.2, 0.25) is 0 Å². The topological polar surface area (TPSA) is 83.1 Å². The molecule has 8 nitrogen and oxygen atoms in total. The first-order valence-electron chi connectivity index (χ1n) is 15.6. The highest BCUT2D eigenvalue weighted by Gasteiger charge is 2.41. The molecule has 2 N–H and O–H groups in total. The number of amides is 3. The van der Waals surface area contributed by atoms with Gasteiger partial charge in [-0.1, -0.05) is 82.9 Å². The van der Waals surface area contributed by atoms with E-state index in [0.29, 0.717) is 43.0 Å². The Labute approximate surface area is 289 Å². The number of hydrogen-bond donors (Lipinski definition) is 2. The first-order chi connectivity index (χ1) is 22.6. The third kappa shape index (κ3) is 10.3. The van der Waals surface area contributed by atoms with E-state index in [2.05, 4.69) is 15.5 Å². The smallest absolute Gasteiger partial charge is 0.326 e. The van der Waals surface area contributed by atoms with Crippen LogP contribution in [0.5, 0.6) is 5.75 Å². The fourth-order valence-electron chi connectivity index (χ4n) is 5.83. The summed E-state index contributed by atoms with van der Waals surface area (Å²) in [6.45, 7) is 5.06. The van der Waals surface area contributed by atoms with Gasteiger partial charge in [-0.2, -0.15) is 0 Å². The van der Waals surface area contributed by atoms with Gasteiger partial charge in [0.15, 0.2) is 0 Å². The molecular weight excluding hydrogens is 666 g/mol. The number of ether oxygens (including phenoxy) is 2. The van der Waals surface area contributed by atoms with E-state index >= 15 is 0 Å². The maximum Gasteiger partial charge on any atom is 0.326 e. The molecule has 1 aliphatic heterocycles. The Morgan fingerprint density at radius 1 is 1.00 bits per heavy atom. The number of benzene rings is 3. The van der Waals surface area contributed by atoms with E-state index in [1.165, 1.54) is 12.1 Å². The number of carbonyl (C=O) groups is 2. The minimum Gasteiger partial charge on any atom is -0.493 e. The molecule has 1 unspecified atom stereocenters. The second-order valence-corrected chi connectivity index (χ2v) is 14.0. The van der Waals surface area contributed by atoms with Crippen molar-refractivity contribution in [2.24, 2.45) is 0 Å². The number of halogens is 4. The van der Waals surface area contributed by atoms with Crippen molar-refractivity contribution in [1.82, 2.24) is 10.2 Å². The zero-order chi connectivity index (χ0) is 33.3. The summed E-state index contributed by atoms with van der Waals surface area (Å²) in [6.07, 6.45) is 4.19. The first-order valence-corrected chi connectivity index (χ1v) is 16.7. The summed E-state index contributed by atoms with van der Waals surface area (Å²) >= 11 is 17.8. The van der Waals surface area contributed by atoms with Gasteiger partial charge in [0.25, 0.3) is 9.70 Å². The highest BCUT2D eigenvalue weighted by molar-refractivity contribution is 6.76. The summed E-state index contributed by atoms with van der Waals surface area (Å²) in [5.74, 6) is -0.471. The molecule has 0 saturated carbocycles. The van der Waals surface area contributed by atoms with Gasteiger partial charge in [0.1, 0.15) is 11.6 Å². The molecule has 12 heteroatoms. The van der Waals surface area contributed by atoms with Crippen molar-refractivity contribution in [3.63, 3.8) is 0 Å². The highest BCUT2D eigenvalue weighted by atomic mass is 35.6. The van der Waals surface area contributed by atoms with Crippen LogP contribution in [0, 0.1) is 5.82 Å². The summed E-state index contributed by atoms with van der Waals surface area (Å²) in [5.41, 5.74) is 2.08. The Morgan fingerprint density at radius 3 is 2.47 bits per heavy atom. The normalized spacial score (nSPS) is 18.3. The fraction of sp³-hybridized carbons (Fsp3) is 0.371. The summed E-state index contributed by atoms with van der Waals surface area (Å²) < 4.78 is 23.0. The lowest BCUT2D eigenvalue weighted by Gasteiger charge is -2.30. The van der Waals surface area contributed by atoms with E-state index in [9.17, 15) is 14.0 Å². The molecule has 250 valence electrons. The molecule has 1 aliphatic carbocycles. The highest BCUT2D eigenvalue weighted by Crippen LogP contribution is 2.36. The van der Waals surface area contributed by atoms with Gasteiger partial charge in [0, 0.05) is 43.6 Å². The largest absolute Gasteiger partial charge is 0.493 e. The van der Waals surface area contributed by atoms with Crippen molar-refractivity contribution < 1.29 is 23.5 Å². The van der Waals surface area contributed by atoms with E-state index < -0.39 is 15.2 Å². The number of anilines is 2. The van der Waals surface area contributed by atoms with Crippen molar-refractivity contribution in [3.05, 3.63) is 102 Å². The molecule has 5 rings (SSSR count). The zero-order valence-electron chi connectivity index (χ0n) is 25.9. The number of alkyl halides is 3. The van der Waals surface area contributed by atoms with Gasteiger partial charge in [0.05, 0.1) is 25.4 Å². The lowest BCUT2D eigenvalue weighted by Crippen LogP contribution is -2.51. The maximum absolute atomic E-state index is 13.8. The Morgan fingerprint density at radius 2 is 1.74 bits per heavy atom. The van der Waals surface area contributed by atoms with Crippen molar-refractivity contribution in [1.29, 1.82) is 0 Å². The van der Waals surface area contributed by atoms with Crippen LogP contribution >= 0.6 is 34.8 Å². The number of hydrogen-bond acceptors (Lipinski definition) is 5. The fourth-order valence-corrected chi connectivity index (χ4v) is 5.97. The predicted octanol–water partition coefficient (Wildman–Crippen LogP) is 7.15. The summed E-state index contributed by atoms with van der Waals surface area (Å²) in [6, 6.07) is 22.4. The number of nitrogens with zero attached hydrogens (tertiary/aromatic N) is 2. The molecule has 2 aliphatic rings. The second kappa shape index (κ2) is 16.2. The van der Waals surface area contributed by atoms with Crippen LogP contribution in [0.25, 0.3) is 0 Å². The van der Waals surface area contributed by atoms with Crippen LogP contribution in [-0.2, 0) is 16.0 Å². The van der Waals surface area contributed by atoms with Crippen LogP contribution in [0.1, 0.15) is 24.8 Å². The molecule has 0 radical (unpaired) electrons. The molecule has 47 heavy (non-hydrogen) atoms. The molecule has 1 fully saturated rings. The Balaban J connectivity index is 1.36. The summed E-state index contributed by atoms with van der Waals surface area (Å²) in [7, 11) is 0. The van der Waals surface area contributed by atoms with Crippen LogP contribution in [0.3, 0.4) is 0 Å². The quantitative estimate of drug-likeness (QED) is 0.119. The van der Waals surface area contributed by atoms with E-state index in [4.69, 9.17) is 44.3 Å². The number of nitrogens with one attached hydrogen (secondary N) is 2. The summed E-state index contributed by atoms with van der Waals surface area (Å²) in [4.78, 5) is 30.7. The lowest BCUT2D eigenvalue weighted by atomic mass is 9.90. The van der Waals surface area contributed by atoms with Crippen molar-refractivity contribution in [3.8, 4) is 5.75 Å². The molecule has 1 saturated heterocycles. The Kier molecular flexibility index (Phi) is 12.0. The van der Waals surface area contributed by atoms with E-state index in [1.54, 1.807) is 17.0 Å². The number of para-hydroxylation sites is 1.